The Morgan fingerprint density at radius 2 is 2.14 bits per heavy atom. The number of hydrogen-bond donors (Lipinski definition) is 2. The van der Waals surface area contributed by atoms with Gasteiger partial charge in [0, 0.05) is 23.5 Å². The number of amides is 1. The van der Waals surface area contributed by atoms with Gasteiger partial charge in [-0.05, 0) is 56.0 Å². The molecule has 3 rings (SSSR count). The molecule has 1 aromatic carbocycles. The number of carbonyl (C=O) groups is 1. The average Bonchev–Trinajstić information content (AvgIpc) is 3.52. The topological polar surface area (TPSA) is 74.2 Å². The summed E-state index contributed by atoms with van der Waals surface area (Å²) in [6.07, 6.45) is 8.87. The van der Waals surface area contributed by atoms with Crippen LogP contribution in [-0.2, 0) is 0 Å². The normalized spacial score (nSPS) is 17.6. The number of methoxy groups -OCH3 is 1. The predicted octanol–water partition coefficient (Wildman–Crippen LogP) is 4.22. The second-order valence-electron chi connectivity index (χ2n) is 7.63. The van der Waals surface area contributed by atoms with Crippen LogP contribution in [0.2, 0.25) is 0 Å². The Morgan fingerprint density at radius 3 is 2.66 bits per heavy atom. The molecule has 0 radical (unpaired) electrons. The van der Waals surface area contributed by atoms with Gasteiger partial charge in [-0.15, -0.1) is 0 Å². The van der Waals surface area contributed by atoms with Crippen LogP contribution < -0.4 is 15.4 Å². The van der Waals surface area contributed by atoms with Crippen LogP contribution in [0.25, 0.3) is 5.57 Å². The number of carbonyl (C=O) groups excluding carboxylic acids is 1. The van der Waals surface area contributed by atoms with Crippen molar-refractivity contribution in [1.29, 1.82) is 5.26 Å². The molecule has 1 fully saturated rings. The van der Waals surface area contributed by atoms with Crippen molar-refractivity contribution in [3.63, 3.8) is 0 Å². The van der Waals surface area contributed by atoms with Gasteiger partial charge < -0.3 is 15.4 Å². The zero-order chi connectivity index (χ0) is 21.2. The smallest absolute Gasteiger partial charge is 0.258 e. The predicted molar refractivity (Wildman–Crippen MR) is 110 cm³/mol. The molecule has 0 aromatic heterocycles. The first-order valence-corrected chi connectivity index (χ1v) is 9.42. The van der Waals surface area contributed by atoms with Crippen LogP contribution in [0, 0.1) is 22.6 Å². The van der Waals surface area contributed by atoms with Crippen molar-refractivity contribution >= 4 is 11.5 Å². The minimum Gasteiger partial charge on any atom is -0.496 e. The molecule has 1 aliphatic heterocycles. The van der Waals surface area contributed by atoms with Crippen LogP contribution in [0.4, 0.5) is 4.39 Å². The fourth-order valence-corrected chi connectivity index (χ4v) is 3.03. The molecule has 29 heavy (non-hydrogen) atoms. The molecular formula is C23H24FN3O2. The standard InChI is InChI=1S/C23H24FN3O2/c1-5-17(19-9-6-15(12-26-19)23(2,3)13-25)14-10-18(24)21(20(11-14)29-4)22(28)27-16-7-8-16/h5-6,9-12,16,26H,1,7-8H2,2-4H3,(H,27,28)/b19-17+. The average molecular weight is 393 g/mol. The second-order valence-corrected chi connectivity index (χ2v) is 7.63. The number of nitrogens with one attached hydrogen (secondary N) is 2. The molecule has 1 saturated carbocycles. The molecule has 0 unspecified atom stereocenters. The molecule has 5 nitrogen and oxygen atoms in total. The van der Waals surface area contributed by atoms with E-state index in [1.54, 1.807) is 18.3 Å². The van der Waals surface area contributed by atoms with E-state index < -0.39 is 17.1 Å². The van der Waals surface area contributed by atoms with Gasteiger partial charge in [0.25, 0.3) is 5.91 Å². The van der Waals surface area contributed by atoms with Crippen LogP contribution in [0.15, 0.2) is 54.4 Å². The van der Waals surface area contributed by atoms with Crippen molar-refractivity contribution < 1.29 is 13.9 Å². The lowest BCUT2D eigenvalue weighted by Crippen LogP contribution is -2.27. The molecule has 1 heterocycles. The highest BCUT2D eigenvalue weighted by Crippen LogP contribution is 2.33. The first-order valence-electron chi connectivity index (χ1n) is 9.42. The number of rotatable bonds is 6. The lowest BCUT2D eigenvalue weighted by Gasteiger charge is -2.22. The third-order valence-corrected chi connectivity index (χ3v) is 5.03. The van der Waals surface area contributed by atoms with Gasteiger partial charge in [0.05, 0.1) is 18.6 Å². The zero-order valence-electron chi connectivity index (χ0n) is 16.8. The Labute approximate surface area is 170 Å². The molecule has 0 spiro atoms. The lowest BCUT2D eigenvalue weighted by atomic mass is 9.85. The van der Waals surface area contributed by atoms with Crippen molar-refractivity contribution in [2.75, 3.05) is 7.11 Å². The maximum absolute atomic E-state index is 14.9. The maximum atomic E-state index is 14.9. The van der Waals surface area contributed by atoms with Gasteiger partial charge in [0.15, 0.2) is 0 Å². The number of nitriles is 1. The molecule has 6 heteroatoms. The molecule has 0 bridgehead atoms. The summed E-state index contributed by atoms with van der Waals surface area (Å²) in [5, 5.41) is 15.2. The maximum Gasteiger partial charge on any atom is 0.258 e. The summed E-state index contributed by atoms with van der Waals surface area (Å²) in [4.78, 5) is 12.4. The lowest BCUT2D eigenvalue weighted by molar-refractivity contribution is 0.0943. The van der Waals surface area contributed by atoms with Crippen LogP contribution in [0.5, 0.6) is 5.75 Å². The van der Waals surface area contributed by atoms with Crippen molar-refractivity contribution in [1.82, 2.24) is 10.6 Å². The Bertz CT molecular complexity index is 992. The molecule has 2 N–H and O–H groups in total. The summed E-state index contributed by atoms with van der Waals surface area (Å²) < 4.78 is 20.2. The summed E-state index contributed by atoms with van der Waals surface area (Å²) in [5.74, 6) is -0.956. The molecule has 2 aliphatic rings. The number of hydrogen-bond acceptors (Lipinski definition) is 4. The van der Waals surface area contributed by atoms with E-state index in [4.69, 9.17) is 4.74 Å². The van der Waals surface area contributed by atoms with Gasteiger partial charge >= 0.3 is 0 Å². The number of ether oxygens (including phenoxy) is 1. The number of dihydropyridines is 1. The number of benzene rings is 1. The highest BCUT2D eigenvalue weighted by Gasteiger charge is 2.28. The Morgan fingerprint density at radius 1 is 1.41 bits per heavy atom. The Hall–Kier alpha value is -3.33. The highest BCUT2D eigenvalue weighted by molar-refractivity contribution is 5.98. The van der Waals surface area contributed by atoms with Crippen LogP contribution in [0.1, 0.15) is 42.6 Å². The summed E-state index contributed by atoms with van der Waals surface area (Å²) >= 11 is 0. The molecular weight excluding hydrogens is 369 g/mol. The van der Waals surface area contributed by atoms with E-state index in [0.29, 0.717) is 16.8 Å². The van der Waals surface area contributed by atoms with Gasteiger partial charge in [-0.2, -0.15) is 5.26 Å². The monoisotopic (exact) mass is 393 g/mol. The quantitative estimate of drug-likeness (QED) is 0.759. The van der Waals surface area contributed by atoms with Crippen LogP contribution in [-0.4, -0.2) is 19.1 Å². The fourth-order valence-electron chi connectivity index (χ4n) is 3.03. The number of halogens is 1. The van der Waals surface area contributed by atoms with E-state index in [1.807, 2.05) is 26.0 Å². The summed E-state index contributed by atoms with van der Waals surface area (Å²) in [5.41, 5.74) is 1.99. The minimum atomic E-state index is -0.654. The fraction of sp³-hybridized carbons (Fsp3) is 0.304. The van der Waals surface area contributed by atoms with Crippen LogP contribution >= 0.6 is 0 Å². The van der Waals surface area contributed by atoms with Gasteiger partial charge in [-0.1, -0.05) is 18.7 Å². The summed E-state index contributed by atoms with van der Waals surface area (Å²) in [7, 11) is 1.41. The van der Waals surface area contributed by atoms with E-state index in [0.717, 1.165) is 18.4 Å². The first kappa shape index (κ1) is 20.4. The van der Waals surface area contributed by atoms with E-state index >= 15 is 0 Å². The number of nitrogens with zero attached hydrogens (tertiary/aromatic N) is 1. The number of allylic oxidation sites excluding steroid dienone is 5. The molecule has 0 saturated heterocycles. The Balaban J connectivity index is 1.97. The van der Waals surface area contributed by atoms with Gasteiger partial charge in [0.1, 0.15) is 17.1 Å². The van der Waals surface area contributed by atoms with Gasteiger partial charge in [-0.3, -0.25) is 4.79 Å². The Kier molecular flexibility index (Phi) is 5.60. The van der Waals surface area contributed by atoms with Crippen molar-refractivity contribution in [2.45, 2.75) is 32.7 Å². The van der Waals surface area contributed by atoms with Crippen molar-refractivity contribution in [2.24, 2.45) is 5.41 Å². The second kappa shape index (κ2) is 7.96. The van der Waals surface area contributed by atoms with Crippen molar-refractivity contribution in [3.05, 3.63) is 71.4 Å². The molecule has 0 atom stereocenters. The van der Waals surface area contributed by atoms with Gasteiger partial charge in [-0.25, -0.2) is 4.39 Å². The van der Waals surface area contributed by atoms with E-state index in [9.17, 15) is 14.4 Å². The zero-order valence-corrected chi connectivity index (χ0v) is 16.8. The highest BCUT2D eigenvalue weighted by atomic mass is 19.1. The third-order valence-electron chi connectivity index (χ3n) is 5.03. The molecule has 1 aliphatic carbocycles. The van der Waals surface area contributed by atoms with E-state index in [1.165, 1.54) is 13.2 Å². The van der Waals surface area contributed by atoms with E-state index in [-0.39, 0.29) is 17.4 Å². The SMILES string of the molecule is C=C/C(=C1/C=CC(C(C)(C)C#N)=CN1)c1cc(F)c(C(=O)NC2CC2)c(OC)c1. The molecule has 150 valence electrons. The minimum absolute atomic E-state index is 0.0957. The summed E-state index contributed by atoms with van der Waals surface area (Å²) in [6, 6.07) is 5.31. The largest absolute Gasteiger partial charge is 0.496 e. The van der Waals surface area contributed by atoms with Crippen LogP contribution in [0.3, 0.4) is 0 Å². The van der Waals surface area contributed by atoms with Gasteiger partial charge in [0.2, 0.25) is 0 Å². The third kappa shape index (κ3) is 4.24. The molecule has 1 aromatic rings. The summed E-state index contributed by atoms with van der Waals surface area (Å²) in [6.45, 7) is 7.51. The molecule has 1 amide bonds. The van der Waals surface area contributed by atoms with Crippen molar-refractivity contribution in [3.8, 4) is 11.8 Å². The first-order chi connectivity index (χ1) is 13.8. The van der Waals surface area contributed by atoms with E-state index in [2.05, 4.69) is 23.3 Å².